The highest BCUT2D eigenvalue weighted by Crippen LogP contribution is 2.39. The Labute approximate surface area is 205 Å². The number of Topliss-reactive ketones (excluding diaryl/α,β-unsaturated/α-hetero) is 1. The van der Waals surface area contributed by atoms with E-state index in [0.717, 1.165) is 30.4 Å². The Bertz CT molecular complexity index is 1020. The highest BCUT2D eigenvalue weighted by Gasteiger charge is 2.40. The summed E-state index contributed by atoms with van der Waals surface area (Å²) in [6.45, 7) is 3.34. The zero-order valence-electron chi connectivity index (χ0n) is 18.5. The van der Waals surface area contributed by atoms with Crippen LogP contribution >= 0.6 is 25.0 Å². The van der Waals surface area contributed by atoms with Gasteiger partial charge in [-0.15, -0.1) is 12.4 Å². The third-order valence-corrected chi connectivity index (χ3v) is 6.51. The van der Waals surface area contributed by atoms with Crippen molar-refractivity contribution in [3.05, 3.63) is 59.2 Å². The molecule has 2 unspecified atom stereocenters. The maximum Gasteiger partial charge on any atom is 0.327 e. The van der Waals surface area contributed by atoms with Gasteiger partial charge in [0, 0.05) is 41.6 Å². The van der Waals surface area contributed by atoms with E-state index in [1.165, 1.54) is 10.7 Å². The van der Waals surface area contributed by atoms with Crippen molar-refractivity contribution in [2.45, 2.75) is 44.0 Å². The lowest BCUT2D eigenvalue weighted by Crippen LogP contribution is -2.42. The molecule has 1 aliphatic carbocycles. The zero-order valence-corrected chi connectivity index (χ0v) is 20.2. The number of thiol groups is 1. The number of ketones is 1. The number of esters is 1. The number of benzene rings is 1. The number of ether oxygens (including phenoxy) is 1. The Hall–Kier alpha value is -2.16. The summed E-state index contributed by atoms with van der Waals surface area (Å²) in [5.41, 5.74) is 2.34. The van der Waals surface area contributed by atoms with Crippen LogP contribution in [0.3, 0.4) is 0 Å². The van der Waals surface area contributed by atoms with Crippen molar-refractivity contribution < 1.29 is 18.7 Å². The SMILES string of the molecule is CCOC(=O)Cn1cc(C=C2CN(C(C(=O)C3CC3)c3ccccc3F)CCC2S)cn1.Cl. The molecule has 6 nitrogen and oxygen atoms in total. The van der Waals surface area contributed by atoms with E-state index in [1.807, 2.05) is 6.08 Å². The summed E-state index contributed by atoms with van der Waals surface area (Å²) in [6.07, 6.45) is 8.00. The van der Waals surface area contributed by atoms with Gasteiger partial charge in [0.25, 0.3) is 0 Å². The first-order valence-electron chi connectivity index (χ1n) is 11.0. The molecule has 178 valence electrons. The second-order valence-electron chi connectivity index (χ2n) is 8.37. The molecule has 33 heavy (non-hydrogen) atoms. The fraction of sp³-hybridized carbons (Fsp3) is 0.458. The number of aromatic nitrogens is 2. The topological polar surface area (TPSA) is 64.4 Å². The molecule has 1 aliphatic heterocycles. The average Bonchev–Trinajstić information content (AvgIpc) is 3.53. The number of nitrogens with zero attached hydrogens (tertiary/aromatic N) is 3. The van der Waals surface area contributed by atoms with Crippen LogP contribution in [0.15, 0.2) is 42.2 Å². The lowest BCUT2D eigenvalue weighted by molar-refractivity contribution is -0.144. The maximum absolute atomic E-state index is 14.7. The van der Waals surface area contributed by atoms with Crippen LogP contribution in [0.25, 0.3) is 6.08 Å². The molecule has 2 aromatic rings. The van der Waals surface area contributed by atoms with Gasteiger partial charge in [0.15, 0.2) is 5.78 Å². The van der Waals surface area contributed by atoms with Gasteiger partial charge in [-0.2, -0.15) is 17.7 Å². The van der Waals surface area contributed by atoms with Gasteiger partial charge in [0.1, 0.15) is 12.4 Å². The first-order valence-corrected chi connectivity index (χ1v) is 11.6. The number of carbonyl (C=O) groups excluding carboxylic acids is 2. The molecule has 0 amide bonds. The van der Waals surface area contributed by atoms with E-state index in [0.29, 0.717) is 25.3 Å². The van der Waals surface area contributed by atoms with Crippen LogP contribution in [-0.4, -0.2) is 51.4 Å². The number of halogens is 2. The van der Waals surface area contributed by atoms with Crippen LogP contribution in [0.2, 0.25) is 0 Å². The summed E-state index contributed by atoms with van der Waals surface area (Å²) < 4.78 is 21.2. The third kappa shape index (κ3) is 6.25. The smallest absolute Gasteiger partial charge is 0.327 e. The Kier molecular flexibility index (Phi) is 8.73. The minimum atomic E-state index is -0.584. The molecule has 2 heterocycles. The Balaban J connectivity index is 0.00000306. The van der Waals surface area contributed by atoms with Crippen molar-refractivity contribution in [2.75, 3.05) is 19.7 Å². The predicted octanol–water partition coefficient (Wildman–Crippen LogP) is 4.12. The predicted molar refractivity (Wildman–Crippen MR) is 130 cm³/mol. The molecule has 0 radical (unpaired) electrons. The van der Waals surface area contributed by atoms with Gasteiger partial charge >= 0.3 is 5.97 Å². The second-order valence-corrected chi connectivity index (χ2v) is 8.99. The molecule has 2 aliphatic rings. The van der Waals surface area contributed by atoms with Crippen molar-refractivity contribution in [3.63, 3.8) is 0 Å². The standard InChI is InChI=1S/C24H28FN3O3S.ClH/c1-2-31-22(29)15-28-13-16(12-26-28)11-18-14-27(10-9-21(18)32)23(24(30)17-7-8-17)19-5-3-4-6-20(19)25;/h3-6,11-13,17,21,23,32H,2,7-10,14-15H2,1H3;1H. The summed E-state index contributed by atoms with van der Waals surface area (Å²) in [5, 5.41) is 4.27. The highest BCUT2D eigenvalue weighted by atomic mass is 35.5. The fourth-order valence-electron chi connectivity index (χ4n) is 4.17. The first kappa shape index (κ1) is 25.5. The van der Waals surface area contributed by atoms with Crippen LogP contribution in [0.5, 0.6) is 0 Å². The molecule has 1 aromatic heterocycles. The van der Waals surface area contributed by atoms with Gasteiger partial charge in [-0.3, -0.25) is 19.2 Å². The molecule has 1 aromatic carbocycles. The normalized spacial score (nSPS) is 20.8. The van der Waals surface area contributed by atoms with E-state index >= 15 is 0 Å². The van der Waals surface area contributed by atoms with Crippen LogP contribution in [0, 0.1) is 11.7 Å². The van der Waals surface area contributed by atoms with Crippen LogP contribution < -0.4 is 0 Å². The number of hydrogen-bond acceptors (Lipinski definition) is 6. The first-order chi connectivity index (χ1) is 15.5. The highest BCUT2D eigenvalue weighted by molar-refractivity contribution is 7.81. The minimum absolute atomic E-state index is 0. The Morgan fingerprint density at radius 1 is 1.30 bits per heavy atom. The number of rotatable bonds is 8. The monoisotopic (exact) mass is 493 g/mol. The summed E-state index contributed by atoms with van der Waals surface area (Å²) in [7, 11) is 0. The molecule has 4 rings (SSSR count). The molecule has 9 heteroatoms. The van der Waals surface area contributed by atoms with E-state index in [9.17, 15) is 14.0 Å². The van der Waals surface area contributed by atoms with Gasteiger partial charge < -0.3 is 4.74 Å². The molecule has 0 spiro atoms. The van der Waals surface area contributed by atoms with E-state index in [2.05, 4.69) is 10.00 Å². The number of likely N-dealkylation sites (tertiary alicyclic amines) is 1. The Morgan fingerprint density at radius 3 is 2.76 bits per heavy atom. The number of piperidine rings is 1. The van der Waals surface area contributed by atoms with E-state index in [-0.39, 0.29) is 47.7 Å². The van der Waals surface area contributed by atoms with Crippen LogP contribution in [0.4, 0.5) is 4.39 Å². The van der Waals surface area contributed by atoms with Gasteiger partial charge in [-0.1, -0.05) is 24.3 Å². The zero-order chi connectivity index (χ0) is 22.7. The average molecular weight is 494 g/mol. The lowest BCUT2D eigenvalue weighted by atomic mass is 9.93. The molecule has 1 saturated carbocycles. The van der Waals surface area contributed by atoms with E-state index in [1.54, 1.807) is 37.5 Å². The van der Waals surface area contributed by atoms with Gasteiger partial charge in [0.2, 0.25) is 0 Å². The van der Waals surface area contributed by atoms with Crippen LogP contribution in [0.1, 0.15) is 43.4 Å². The van der Waals surface area contributed by atoms with Gasteiger partial charge in [0.05, 0.1) is 18.8 Å². The van der Waals surface area contributed by atoms with Crippen molar-refractivity contribution in [2.24, 2.45) is 5.92 Å². The van der Waals surface area contributed by atoms with Crippen molar-refractivity contribution in [1.82, 2.24) is 14.7 Å². The second kappa shape index (κ2) is 11.3. The molecule has 2 atom stereocenters. The largest absolute Gasteiger partial charge is 0.465 e. The van der Waals surface area contributed by atoms with Crippen molar-refractivity contribution >= 4 is 42.9 Å². The van der Waals surface area contributed by atoms with Gasteiger partial charge in [-0.25, -0.2) is 4.39 Å². The van der Waals surface area contributed by atoms with E-state index < -0.39 is 6.04 Å². The Morgan fingerprint density at radius 2 is 2.06 bits per heavy atom. The molecular weight excluding hydrogens is 465 g/mol. The van der Waals surface area contributed by atoms with Crippen molar-refractivity contribution in [1.29, 1.82) is 0 Å². The molecule has 1 saturated heterocycles. The summed E-state index contributed by atoms with van der Waals surface area (Å²) in [4.78, 5) is 26.9. The molecule has 0 bridgehead atoms. The maximum atomic E-state index is 14.7. The third-order valence-electron chi connectivity index (χ3n) is 5.92. The number of carbonyl (C=O) groups is 2. The van der Waals surface area contributed by atoms with Crippen LogP contribution in [-0.2, 0) is 20.9 Å². The fourth-order valence-corrected chi connectivity index (χ4v) is 4.44. The van der Waals surface area contributed by atoms with Gasteiger partial charge in [-0.05, 0) is 37.8 Å². The molecular formula is C24H29ClFN3O3S. The summed E-state index contributed by atoms with van der Waals surface area (Å²) in [6, 6.07) is 5.99. The molecule has 2 fully saturated rings. The quantitative estimate of drug-likeness (QED) is 0.443. The molecule has 0 N–H and O–H groups in total. The van der Waals surface area contributed by atoms with Crippen molar-refractivity contribution in [3.8, 4) is 0 Å². The minimum Gasteiger partial charge on any atom is -0.465 e. The number of hydrogen-bond donors (Lipinski definition) is 1. The summed E-state index contributed by atoms with van der Waals surface area (Å²) in [5.74, 6) is -0.543. The lowest BCUT2D eigenvalue weighted by Gasteiger charge is -2.37. The van der Waals surface area contributed by atoms with E-state index in [4.69, 9.17) is 17.4 Å². The summed E-state index contributed by atoms with van der Waals surface area (Å²) >= 11 is 4.74.